The Balaban J connectivity index is 1.40. The zero-order valence-corrected chi connectivity index (χ0v) is 22.7. The highest BCUT2D eigenvalue weighted by molar-refractivity contribution is 7.26. The van der Waals surface area contributed by atoms with E-state index in [1.807, 2.05) is 0 Å². The van der Waals surface area contributed by atoms with Crippen LogP contribution in [0.2, 0.25) is 0 Å². The molecule has 0 bridgehead atoms. The fourth-order valence-corrected chi connectivity index (χ4v) is 7.34. The van der Waals surface area contributed by atoms with Gasteiger partial charge in [-0.3, -0.25) is 4.57 Å². The number of hydrogen-bond donors (Lipinski definition) is 0. The van der Waals surface area contributed by atoms with Gasteiger partial charge in [-0.2, -0.15) is 4.98 Å². The molecule has 0 atom stereocenters. The second kappa shape index (κ2) is 8.65. The number of aromatic nitrogens is 2. The Bertz CT molecular complexity index is 2410. The predicted molar refractivity (Wildman–Crippen MR) is 172 cm³/mol. The summed E-state index contributed by atoms with van der Waals surface area (Å²) in [6.07, 6.45) is 0. The molecule has 6 aromatic carbocycles. The van der Waals surface area contributed by atoms with E-state index >= 15 is 0 Å². The number of rotatable bonds is 3. The normalized spacial score (nSPS) is 11.9. The summed E-state index contributed by atoms with van der Waals surface area (Å²) in [6.45, 7) is 0. The first-order valence-corrected chi connectivity index (χ1v) is 14.5. The largest absolute Gasteiger partial charge is 0.423 e. The van der Waals surface area contributed by atoms with Gasteiger partial charge in [0.05, 0.1) is 11.0 Å². The Labute approximate surface area is 239 Å². The first-order chi connectivity index (χ1) is 20.3. The number of benzene rings is 6. The first-order valence-electron chi connectivity index (χ1n) is 13.7. The van der Waals surface area contributed by atoms with E-state index in [0.717, 1.165) is 33.1 Å². The van der Waals surface area contributed by atoms with Gasteiger partial charge in [0.1, 0.15) is 5.52 Å². The van der Waals surface area contributed by atoms with Crippen molar-refractivity contribution in [2.75, 3.05) is 0 Å². The van der Waals surface area contributed by atoms with Crippen molar-refractivity contribution in [2.24, 2.45) is 0 Å². The number of nitrogens with zero attached hydrogens (tertiary/aromatic N) is 2. The van der Waals surface area contributed by atoms with E-state index in [0.29, 0.717) is 6.01 Å². The van der Waals surface area contributed by atoms with Crippen LogP contribution >= 0.6 is 11.3 Å². The molecule has 9 aromatic rings. The van der Waals surface area contributed by atoms with Crippen LogP contribution in [0.4, 0.5) is 0 Å². The molecule has 0 aliphatic rings. The quantitative estimate of drug-likeness (QED) is 0.222. The van der Waals surface area contributed by atoms with E-state index in [-0.39, 0.29) is 0 Å². The van der Waals surface area contributed by atoms with Gasteiger partial charge in [-0.15, -0.1) is 11.3 Å². The first kappa shape index (κ1) is 22.6. The van der Waals surface area contributed by atoms with Crippen molar-refractivity contribution in [1.82, 2.24) is 9.55 Å². The van der Waals surface area contributed by atoms with Crippen LogP contribution in [0.1, 0.15) is 0 Å². The van der Waals surface area contributed by atoms with Gasteiger partial charge < -0.3 is 4.42 Å². The van der Waals surface area contributed by atoms with Crippen molar-refractivity contribution in [3.63, 3.8) is 0 Å². The summed E-state index contributed by atoms with van der Waals surface area (Å²) in [7, 11) is 0. The van der Waals surface area contributed by atoms with Crippen LogP contribution in [0, 0.1) is 0 Å². The van der Waals surface area contributed by atoms with E-state index in [9.17, 15) is 0 Å². The van der Waals surface area contributed by atoms with Crippen LogP contribution in [0.25, 0.3) is 81.3 Å². The maximum Gasteiger partial charge on any atom is 0.307 e. The summed E-state index contributed by atoms with van der Waals surface area (Å²) in [5.74, 6) is 0. The molecule has 0 spiro atoms. The van der Waals surface area contributed by atoms with Crippen LogP contribution in [-0.2, 0) is 0 Å². The van der Waals surface area contributed by atoms with Crippen molar-refractivity contribution < 1.29 is 4.42 Å². The van der Waals surface area contributed by atoms with E-state index in [2.05, 4.69) is 138 Å². The highest BCUT2D eigenvalue weighted by atomic mass is 32.1. The average Bonchev–Trinajstić information content (AvgIpc) is 3.72. The van der Waals surface area contributed by atoms with Gasteiger partial charge in [0.15, 0.2) is 5.58 Å². The third-order valence-electron chi connectivity index (χ3n) is 8.06. The molecule has 0 unspecified atom stereocenters. The number of hydrogen-bond acceptors (Lipinski definition) is 3. The van der Waals surface area contributed by atoms with Crippen molar-refractivity contribution in [2.45, 2.75) is 0 Å². The van der Waals surface area contributed by atoms with Gasteiger partial charge in [0.2, 0.25) is 0 Å². The molecular weight excluding hydrogens is 520 g/mol. The van der Waals surface area contributed by atoms with Crippen molar-refractivity contribution >= 4 is 64.4 Å². The van der Waals surface area contributed by atoms with Gasteiger partial charge in [-0.25, -0.2) is 0 Å². The topological polar surface area (TPSA) is 31.0 Å². The summed E-state index contributed by atoms with van der Waals surface area (Å²) in [5.41, 5.74) is 8.57. The Kier molecular flexibility index (Phi) is 4.77. The fraction of sp³-hybridized carbons (Fsp3) is 0. The molecule has 3 aromatic heterocycles. The summed E-state index contributed by atoms with van der Waals surface area (Å²) >= 11 is 1.80. The smallest absolute Gasteiger partial charge is 0.307 e. The summed E-state index contributed by atoms with van der Waals surface area (Å²) in [6, 6.07) is 47.7. The fourth-order valence-electron chi connectivity index (χ4n) is 6.23. The molecular formula is C37H22N2OS. The second-order valence-corrected chi connectivity index (χ2v) is 11.5. The van der Waals surface area contributed by atoms with E-state index in [1.54, 1.807) is 11.3 Å². The highest BCUT2D eigenvalue weighted by Gasteiger charge is 2.21. The summed E-state index contributed by atoms with van der Waals surface area (Å²) in [5, 5.41) is 4.75. The molecule has 0 N–H and O–H groups in total. The lowest BCUT2D eigenvalue weighted by Gasteiger charge is -2.05. The van der Waals surface area contributed by atoms with Gasteiger partial charge in [0.25, 0.3) is 0 Å². The summed E-state index contributed by atoms with van der Waals surface area (Å²) in [4.78, 5) is 5.21. The Morgan fingerprint density at radius 1 is 0.537 bits per heavy atom. The molecule has 9 rings (SSSR count). The van der Waals surface area contributed by atoms with Crippen molar-refractivity contribution in [1.29, 1.82) is 0 Å². The second-order valence-electron chi connectivity index (χ2n) is 10.4. The van der Waals surface area contributed by atoms with Gasteiger partial charge in [-0.1, -0.05) is 103 Å². The monoisotopic (exact) mass is 542 g/mol. The molecule has 0 radical (unpaired) electrons. The number of thiophene rings is 1. The lowest BCUT2D eigenvalue weighted by atomic mass is 9.98. The number of fused-ring (bicyclic) bond motifs is 8. The molecule has 3 nitrogen and oxygen atoms in total. The summed E-state index contributed by atoms with van der Waals surface area (Å²) < 4.78 is 11.3. The Morgan fingerprint density at radius 2 is 1.32 bits per heavy atom. The van der Waals surface area contributed by atoms with Crippen LogP contribution in [-0.4, -0.2) is 9.55 Å². The van der Waals surface area contributed by atoms with Crippen molar-refractivity contribution in [3.8, 4) is 28.3 Å². The molecule has 41 heavy (non-hydrogen) atoms. The molecule has 4 heteroatoms. The molecule has 192 valence electrons. The number of oxazole rings is 1. The van der Waals surface area contributed by atoms with E-state index < -0.39 is 0 Å². The lowest BCUT2D eigenvalue weighted by molar-refractivity contribution is 0.574. The standard InChI is InChI=1S/C37H22N2OS/c1-3-10-23(11-4-1)25-18-19-27-30(22-25)39(29-16-9-15-26(34(27)29)24-12-5-2-6-13-24)37-38-36-31(40-37)20-21-33-35(36)28-14-7-8-17-32(28)41-33/h1-22H. The molecule has 0 aliphatic heterocycles. The minimum Gasteiger partial charge on any atom is -0.423 e. The Hall–Kier alpha value is -5.19. The molecule has 0 saturated heterocycles. The van der Waals surface area contributed by atoms with Gasteiger partial charge >= 0.3 is 6.01 Å². The van der Waals surface area contributed by atoms with Crippen LogP contribution in [0.15, 0.2) is 138 Å². The van der Waals surface area contributed by atoms with Crippen LogP contribution in [0.3, 0.4) is 0 Å². The molecule has 0 saturated carbocycles. The predicted octanol–water partition coefficient (Wildman–Crippen LogP) is 10.6. The molecule has 0 amide bonds. The molecule has 0 aliphatic carbocycles. The van der Waals surface area contributed by atoms with Crippen LogP contribution in [0.5, 0.6) is 0 Å². The zero-order valence-electron chi connectivity index (χ0n) is 21.9. The third-order valence-corrected chi connectivity index (χ3v) is 9.20. The van der Waals surface area contributed by atoms with Gasteiger partial charge in [-0.05, 0) is 52.6 Å². The van der Waals surface area contributed by atoms with E-state index in [1.165, 1.54) is 42.2 Å². The maximum absolute atomic E-state index is 6.60. The van der Waals surface area contributed by atoms with E-state index in [4.69, 9.17) is 9.40 Å². The maximum atomic E-state index is 6.60. The van der Waals surface area contributed by atoms with Crippen LogP contribution < -0.4 is 0 Å². The zero-order chi connectivity index (χ0) is 26.9. The Morgan fingerprint density at radius 3 is 2.17 bits per heavy atom. The average molecular weight is 543 g/mol. The minimum atomic E-state index is 0.582. The third kappa shape index (κ3) is 3.35. The highest BCUT2D eigenvalue weighted by Crippen LogP contribution is 2.42. The minimum absolute atomic E-state index is 0.582. The SMILES string of the molecule is c1ccc(-c2ccc3c4c(-c5ccccc5)cccc4n(-c4nc5c(ccc6sc7ccccc7c65)o4)c3c2)cc1. The lowest BCUT2D eigenvalue weighted by Crippen LogP contribution is -1.94. The van der Waals surface area contributed by atoms with Crippen molar-refractivity contribution in [3.05, 3.63) is 133 Å². The molecule has 0 fully saturated rings. The molecule has 3 heterocycles. The van der Waals surface area contributed by atoms with Gasteiger partial charge in [0, 0.05) is 30.9 Å².